The van der Waals surface area contributed by atoms with Gasteiger partial charge in [0, 0.05) is 18.7 Å². The summed E-state index contributed by atoms with van der Waals surface area (Å²) >= 11 is 0. The van der Waals surface area contributed by atoms with E-state index in [-0.39, 0.29) is 18.3 Å². The fourth-order valence-corrected chi connectivity index (χ4v) is 1.05. The van der Waals surface area contributed by atoms with Crippen molar-refractivity contribution < 1.29 is 9.53 Å². The van der Waals surface area contributed by atoms with Crippen LogP contribution in [-0.4, -0.2) is 26.1 Å². The summed E-state index contributed by atoms with van der Waals surface area (Å²) in [4.78, 5) is 11.4. The van der Waals surface area contributed by atoms with Gasteiger partial charge in [-0.2, -0.15) is 0 Å². The Balaban J connectivity index is 0.00000196. The molecule has 0 radical (unpaired) electrons. The van der Waals surface area contributed by atoms with E-state index < -0.39 is 0 Å². The normalized spacial score (nSPS) is 8.93. The zero-order valence-corrected chi connectivity index (χ0v) is 9.34. The maximum absolute atomic E-state index is 11.4. The molecule has 0 saturated heterocycles. The molecule has 0 atom stereocenters. The third-order valence-corrected chi connectivity index (χ3v) is 1.76. The highest BCUT2D eigenvalue weighted by Gasteiger charge is 2.04. The molecule has 15 heavy (non-hydrogen) atoms. The van der Waals surface area contributed by atoms with E-state index in [0.717, 1.165) is 0 Å². The van der Waals surface area contributed by atoms with Gasteiger partial charge in [-0.15, -0.1) is 12.4 Å². The maximum atomic E-state index is 11.4. The Morgan fingerprint density at radius 3 is 2.87 bits per heavy atom. The molecule has 5 heteroatoms. The number of amides is 1. The first kappa shape index (κ1) is 13.7. The van der Waals surface area contributed by atoms with Crippen LogP contribution in [0.3, 0.4) is 0 Å². The second kappa shape index (κ2) is 7.09. The summed E-state index contributed by atoms with van der Waals surface area (Å²) in [7, 11) is 1.57. The summed E-state index contributed by atoms with van der Waals surface area (Å²) in [6, 6.07) is 6.98. The van der Waals surface area contributed by atoms with E-state index in [1.807, 2.05) is 0 Å². The summed E-state index contributed by atoms with van der Waals surface area (Å²) in [6.45, 7) is 0.922. The van der Waals surface area contributed by atoms with Gasteiger partial charge in [0.15, 0.2) is 0 Å². The highest BCUT2D eigenvalue weighted by atomic mass is 35.5. The topological polar surface area (TPSA) is 64.3 Å². The predicted molar refractivity (Wildman–Crippen MR) is 61.6 cm³/mol. The zero-order valence-electron chi connectivity index (χ0n) is 8.53. The lowest BCUT2D eigenvalue weighted by molar-refractivity contribution is 0.0954. The average Bonchev–Trinajstić information content (AvgIpc) is 2.26. The van der Waals surface area contributed by atoms with Crippen LogP contribution in [0, 0.1) is 0 Å². The molecule has 0 aliphatic heterocycles. The Labute approximate surface area is 95.2 Å². The zero-order chi connectivity index (χ0) is 10.4. The summed E-state index contributed by atoms with van der Waals surface area (Å²) in [5, 5.41) is 2.68. The number of nitrogens with two attached hydrogens (primary N) is 1. The molecule has 4 nitrogen and oxygen atoms in total. The standard InChI is InChI=1S/C10H14N2O2.ClH/c1-14-9-4-2-3-8(7-9)10(13)12-6-5-11;/h2-4,7H,5-6,11H2,1H3,(H,12,13);1H. The molecule has 0 fully saturated rings. The maximum Gasteiger partial charge on any atom is 0.251 e. The van der Waals surface area contributed by atoms with Crippen LogP contribution in [0.2, 0.25) is 0 Å². The molecule has 0 saturated carbocycles. The number of nitrogens with one attached hydrogen (secondary N) is 1. The van der Waals surface area contributed by atoms with Crippen LogP contribution in [-0.2, 0) is 0 Å². The molecule has 1 aromatic carbocycles. The van der Waals surface area contributed by atoms with E-state index in [1.54, 1.807) is 31.4 Å². The summed E-state index contributed by atoms with van der Waals surface area (Å²) < 4.78 is 5.00. The lowest BCUT2D eigenvalue weighted by Crippen LogP contribution is -2.28. The average molecular weight is 231 g/mol. The van der Waals surface area contributed by atoms with Crippen LogP contribution < -0.4 is 15.8 Å². The van der Waals surface area contributed by atoms with Gasteiger partial charge in [0.2, 0.25) is 0 Å². The van der Waals surface area contributed by atoms with Crippen LogP contribution in [0.25, 0.3) is 0 Å². The van der Waals surface area contributed by atoms with Crippen molar-refractivity contribution in [2.45, 2.75) is 0 Å². The SMILES string of the molecule is COc1cccc(C(=O)NCCN)c1.Cl. The second-order valence-corrected chi connectivity index (χ2v) is 2.78. The van der Waals surface area contributed by atoms with E-state index in [1.165, 1.54) is 0 Å². The molecule has 1 amide bonds. The minimum atomic E-state index is -0.130. The molecule has 0 aliphatic rings. The van der Waals surface area contributed by atoms with Crippen LogP contribution in [0.1, 0.15) is 10.4 Å². The lowest BCUT2D eigenvalue weighted by atomic mass is 10.2. The number of benzene rings is 1. The number of halogens is 1. The van der Waals surface area contributed by atoms with Crippen molar-refractivity contribution >= 4 is 18.3 Å². The van der Waals surface area contributed by atoms with Gasteiger partial charge in [-0.1, -0.05) is 6.07 Å². The third kappa shape index (κ3) is 4.18. The van der Waals surface area contributed by atoms with Crippen LogP contribution >= 0.6 is 12.4 Å². The first-order chi connectivity index (χ1) is 6.77. The summed E-state index contributed by atoms with van der Waals surface area (Å²) in [5.74, 6) is 0.541. The second-order valence-electron chi connectivity index (χ2n) is 2.78. The van der Waals surface area contributed by atoms with Crippen molar-refractivity contribution in [1.29, 1.82) is 0 Å². The largest absolute Gasteiger partial charge is 0.497 e. The molecular weight excluding hydrogens is 216 g/mol. The number of carbonyl (C=O) groups excluding carboxylic acids is 1. The fraction of sp³-hybridized carbons (Fsp3) is 0.300. The highest BCUT2D eigenvalue weighted by Crippen LogP contribution is 2.11. The van der Waals surface area contributed by atoms with Gasteiger partial charge in [-0.05, 0) is 18.2 Å². The molecule has 3 N–H and O–H groups in total. The Bertz CT molecular complexity index is 318. The molecule has 0 aliphatic carbocycles. The smallest absolute Gasteiger partial charge is 0.251 e. The van der Waals surface area contributed by atoms with Crippen molar-refractivity contribution in [1.82, 2.24) is 5.32 Å². The molecule has 1 rings (SSSR count). The first-order valence-corrected chi connectivity index (χ1v) is 4.40. The van der Waals surface area contributed by atoms with E-state index in [0.29, 0.717) is 24.4 Å². The van der Waals surface area contributed by atoms with Crippen molar-refractivity contribution in [2.24, 2.45) is 5.73 Å². The minimum absolute atomic E-state index is 0. The number of carbonyl (C=O) groups is 1. The number of ether oxygens (including phenoxy) is 1. The van der Waals surface area contributed by atoms with Crippen LogP contribution in [0.4, 0.5) is 0 Å². The van der Waals surface area contributed by atoms with E-state index in [4.69, 9.17) is 10.5 Å². The van der Waals surface area contributed by atoms with Crippen molar-refractivity contribution in [2.75, 3.05) is 20.2 Å². The van der Waals surface area contributed by atoms with Gasteiger partial charge in [0.05, 0.1) is 7.11 Å². The quantitative estimate of drug-likeness (QED) is 0.805. The Morgan fingerprint density at radius 2 is 2.27 bits per heavy atom. The van der Waals surface area contributed by atoms with Gasteiger partial charge in [0.25, 0.3) is 5.91 Å². The highest BCUT2D eigenvalue weighted by molar-refractivity contribution is 5.94. The van der Waals surface area contributed by atoms with Gasteiger partial charge in [-0.25, -0.2) is 0 Å². The van der Waals surface area contributed by atoms with Gasteiger partial charge in [0.1, 0.15) is 5.75 Å². The summed E-state index contributed by atoms with van der Waals surface area (Å²) in [5.41, 5.74) is 5.85. The van der Waals surface area contributed by atoms with Crippen LogP contribution in [0.15, 0.2) is 24.3 Å². The lowest BCUT2D eigenvalue weighted by Gasteiger charge is -2.04. The van der Waals surface area contributed by atoms with Crippen molar-refractivity contribution in [3.8, 4) is 5.75 Å². The van der Waals surface area contributed by atoms with Crippen molar-refractivity contribution in [3.63, 3.8) is 0 Å². The van der Waals surface area contributed by atoms with Gasteiger partial charge >= 0.3 is 0 Å². The van der Waals surface area contributed by atoms with E-state index in [9.17, 15) is 4.79 Å². The molecule has 0 unspecified atom stereocenters. The first-order valence-electron chi connectivity index (χ1n) is 4.40. The summed E-state index contributed by atoms with van der Waals surface area (Å²) in [6.07, 6.45) is 0. The molecular formula is C10H15ClN2O2. The Hall–Kier alpha value is -1.26. The van der Waals surface area contributed by atoms with Gasteiger partial charge in [-0.3, -0.25) is 4.79 Å². The predicted octanol–water partition coefficient (Wildman–Crippen LogP) is 0.805. The molecule has 84 valence electrons. The fourth-order valence-electron chi connectivity index (χ4n) is 1.05. The third-order valence-electron chi connectivity index (χ3n) is 1.76. The molecule has 1 aromatic rings. The van der Waals surface area contributed by atoms with Crippen LogP contribution in [0.5, 0.6) is 5.75 Å². The molecule has 0 heterocycles. The number of rotatable bonds is 4. The van der Waals surface area contributed by atoms with E-state index in [2.05, 4.69) is 5.32 Å². The van der Waals surface area contributed by atoms with Crippen molar-refractivity contribution in [3.05, 3.63) is 29.8 Å². The number of hydrogen-bond acceptors (Lipinski definition) is 3. The molecule has 0 bridgehead atoms. The molecule has 0 aromatic heterocycles. The monoisotopic (exact) mass is 230 g/mol. The Morgan fingerprint density at radius 1 is 1.53 bits per heavy atom. The minimum Gasteiger partial charge on any atom is -0.497 e. The Kier molecular flexibility index (Phi) is 6.49. The number of hydrogen-bond donors (Lipinski definition) is 2. The number of methoxy groups -OCH3 is 1. The molecule has 0 spiro atoms. The van der Waals surface area contributed by atoms with Gasteiger partial charge < -0.3 is 15.8 Å². The van der Waals surface area contributed by atoms with E-state index >= 15 is 0 Å².